The van der Waals surface area contributed by atoms with Gasteiger partial charge in [-0.1, -0.05) is 0 Å². The van der Waals surface area contributed by atoms with E-state index in [1.807, 2.05) is 0 Å². The number of carbonyl (C=O) groups is 2. The lowest BCUT2D eigenvalue weighted by Gasteiger charge is -2.38. The summed E-state index contributed by atoms with van der Waals surface area (Å²) in [5.74, 6) is -1.48. The smallest absolute Gasteiger partial charge is 0.329 e. The fourth-order valence-electron chi connectivity index (χ4n) is 1.69. The van der Waals surface area contributed by atoms with Crippen molar-refractivity contribution < 1.29 is 24.2 Å². The molecule has 16 heavy (non-hydrogen) atoms. The van der Waals surface area contributed by atoms with Gasteiger partial charge in [0.25, 0.3) is 5.91 Å². The van der Waals surface area contributed by atoms with Gasteiger partial charge in [0.05, 0.1) is 0 Å². The van der Waals surface area contributed by atoms with E-state index in [0.717, 1.165) is 6.42 Å². The summed E-state index contributed by atoms with van der Waals surface area (Å²) in [6.45, 7) is 0.709. The maximum absolute atomic E-state index is 11.7. The van der Waals surface area contributed by atoms with Gasteiger partial charge in [0.15, 0.2) is 0 Å². The molecule has 0 unspecified atom stereocenters. The van der Waals surface area contributed by atoms with Crippen molar-refractivity contribution in [1.82, 2.24) is 5.32 Å². The second-order valence-corrected chi connectivity index (χ2v) is 3.90. The number of amides is 1. The molecule has 0 radical (unpaired) electrons. The molecular weight excluding hydrogens is 214 g/mol. The van der Waals surface area contributed by atoms with Gasteiger partial charge < -0.3 is 19.9 Å². The number of carboxylic acid groups (broad SMARTS) is 1. The Morgan fingerprint density at radius 1 is 1.38 bits per heavy atom. The van der Waals surface area contributed by atoms with Crippen LogP contribution in [0.15, 0.2) is 12.0 Å². The Labute approximate surface area is 92.2 Å². The summed E-state index contributed by atoms with van der Waals surface area (Å²) in [7, 11) is 0. The highest BCUT2D eigenvalue weighted by atomic mass is 16.6. The normalized spacial score (nSPS) is 21.9. The summed E-state index contributed by atoms with van der Waals surface area (Å²) in [5.41, 5.74) is -1.11. The van der Waals surface area contributed by atoms with Crippen LogP contribution in [0.25, 0.3) is 0 Å². The van der Waals surface area contributed by atoms with Crippen LogP contribution in [0.3, 0.4) is 0 Å². The van der Waals surface area contributed by atoms with Gasteiger partial charge in [-0.25, -0.2) is 4.79 Å². The fourth-order valence-corrected chi connectivity index (χ4v) is 1.69. The van der Waals surface area contributed by atoms with Crippen molar-refractivity contribution in [3.8, 4) is 0 Å². The summed E-state index contributed by atoms with van der Waals surface area (Å²) in [5, 5.41) is 11.5. The number of aliphatic carboxylic acids is 1. The third-order valence-corrected chi connectivity index (χ3v) is 2.84. The Hall–Kier alpha value is -1.72. The average Bonchev–Trinajstić information content (AvgIpc) is 2.24. The van der Waals surface area contributed by atoms with E-state index in [4.69, 9.17) is 14.6 Å². The molecule has 2 N–H and O–H groups in total. The average molecular weight is 227 g/mol. The number of hydrogen-bond donors (Lipinski definition) is 2. The summed E-state index contributed by atoms with van der Waals surface area (Å²) in [4.78, 5) is 22.7. The van der Waals surface area contributed by atoms with E-state index in [0.29, 0.717) is 26.1 Å². The Kier molecular flexibility index (Phi) is 2.72. The molecular formula is C10H13NO5. The summed E-state index contributed by atoms with van der Waals surface area (Å²) in [6, 6.07) is 0. The first-order valence-corrected chi connectivity index (χ1v) is 5.14. The van der Waals surface area contributed by atoms with Crippen molar-refractivity contribution in [3.05, 3.63) is 12.0 Å². The van der Waals surface area contributed by atoms with Gasteiger partial charge >= 0.3 is 5.97 Å². The topological polar surface area (TPSA) is 84.9 Å². The summed E-state index contributed by atoms with van der Waals surface area (Å²) in [6.07, 6.45) is 2.94. The molecule has 88 valence electrons. The third kappa shape index (κ3) is 1.82. The van der Waals surface area contributed by atoms with Crippen LogP contribution in [-0.4, -0.2) is 35.7 Å². The van der Waals surface area contributed by atoms with E-state index >= 15 is 0 Å². The fraction of sp³-hybridized carbons (Fsp3) is 0.600. The maximum atomic E-state index is 11.7. The first-order chi connectivity index (χ1) is 7.64. The number of carboxylic acids is 1. The van der Waals surface area contributed by atoms with Crippen LogP contribution < -0.4 is 5.32 Å². The second-order valence-electron chi connectivity index (χ2n) is 3.90. The Balaban J connectivity index is 2.01. The van der Waals surface area contributed by atoms with E-state index in [-0.39, 0.29) is 5.76 Å². The van der Waals surface area contributed by atoms with Gasteiger partial charge in [0.1, 0.15) is 25.0 Å². The van der Waals surface area contributed by atoms with Crippen molar-refractivity contribution >= 4 is 11.9 Å². The largest absolute Gasteiger partial charge is 0.494 e. The van der Waals surface area contributed by atoms with E-state index in [1.54, 1.807) is 0 Å². The molecule has 1 heterocycles. The molecule has 1 fully saturated rings. The third-order valence-electron chi connectivity index (χ3n) is 2.84. The highest BCUT2D eigenvalue weighted by molar-refractivity contribution is 5.96. The van der Waals surface area contributed by atoms with Gasteiger partial charge in [-0.2, -0.15) is 0 Å². The number of carbonyl (C=O) groups excluding carboxylic acids is 1. The van der Waals surface area contributed by atoms with Gasteiger partial charge in [0.2, 0.25) is 5.76 Å². The highest BCUT2D eigenvalue weighted by Gasteiger charge is 2.46. The number of ether oxygens (including phenoxy) is 2. The number of nitrogens with one attached hydrogen (secondary N) is 1. The van der Waals surface area contributed by atoms with E-state index < -0.39 is 17.4 Å². The lowest BCUT2D eigenvalue weighted by atomic mass is 9.76. The Bertz CT molecular complexity index is 345. The zero-order valence-electron chi connectivity index (χ0n) is 8.69. The van der Waals surface area contributed by atoms with Gasteiger partial charge in [-0.3, -0.25) is 4.79 Å². The van der Waals surface area contributed by atoms with Gasteiger partial charge in [-0.05, 0) is 19.3 Å². The van der Waals surface area contributed by atoms with Crippen molar-refractivity contribution in [2.45, 2.75) is 24.8 Å². The first kappa shape index (κ1) is 10.8. The van der Waals surface area contributed by atoms with Crippen LogP contribution in [0.1, 0.15) is 19.3 Å². The van der Waals surface area contributed by atoms with Crippen molar-refractivity contribution in [1.29, 1.82) is 0 Å². The lowest BCUT2D eigenvalue weighted by Crippen LogP contribution is -2.59. The molecule has 1 aliphatic carbocycles. The van der Waals surface area contributed by atoms with Crippen molar-refractivity contribution in [2.24, 2.45) is 0 Å². The summed E-state index contributed by atoms with van der Waals surface area (Å²) >= 11 is 0. The minimum atomic E-state index is -1.11. The summed E-state index contributed by atoms with van der Waals surface area (Å²) < 4.78 is 10.00. The molecule has 2 aliphatic rings. The van der Waals surface area contributed by atoms with Crippen molar-refractivity contribution in [3.63, 3.8) is 0 Å². The Morgan fingerprint density at radius 3 is 2.56 bits per heavy atom. The second kappa shape index (κ2) is 4.03. The molecule has 0 bridgehead atoms. The molecule has 6 heteroatoms. The predicted octanol–water partition coefficient (Wildman–Crippen LogP) is -0.00190. The minimum Gasteiger partial charge on any atom is -0.494 e. The van der Waals surface area contributed by atoms with Crippen molar-refractivity contribution in [2.75, 3.05) is 13.2 Å². The predicted molar refractivity (Wildman–Crippen MR) is 52.3 cm³/mol. The molecule has 6 nitrogen and oxygen atoms in total. The van der Waals surface area contributed by atoms with Crippen LogP contribution in [0.5, 0.6) is 0 Å². The zero-order valence-corrected chi connectivity index (χ0v) is 8.69. The standard InChI is InChI=1S/C10H13NO5/c12-8(7-6-15-4-5-16-7)11-10(9(13)14)2-1-3-10/h6H,1-5H2,(H,11,12)(H,13,14). The first-order valence-electron chi connectivity index (χ1n) is 5.14. The molecule has 0 spiro atoms. The van der Waals surface area contributed by atoms with E-state index in [9.17, 15) is 9.59 Å². The molecule has 0 aromatic rings. The van der Waals surface area contributed by atoms with E-state index in [1.165, 1.54) is 6.26 Å². The van der Waals surface area contributed by atoms with Gasteiger partial charge in [-0.15, -0.1) is 0 Å². The molecule has 1 saturated carbocycles. The molecule has 1 aliphatic heterocycles. The maximum Gasteiger partial charge on any atom is 0.329 e. The number of hydrogen-bond acceptors (Lipinski definition) is 4. The quantitative estimate of drug-likeness (QED) is 0.708. The van der Waals surface area contributed by atoms with Crippen LogP contribution in [0, 0.1) is 0 Å². The molecule has 0 aromatic heterocycles. The van der Waals surface area contributed by atoms with Crippen LogP contribution in [-0.2, 0) is 19.1 Å². The zero-order chi connectivity index (χ0) is 11.6. The lowest BCUT2D eigenvalue weighted by molar-refractivity contribution is -0.151. The molecule has 1 amide bonds. The Morgan fingerprint density at radius 2 is 2.12 bits per heavy atom. The molecule has 0 aromatic carbocycles. The minimum absolute atomic E-state index is 0.0405. The van der Waals surface area contributed by atoms with Crippen LogP contribution in [0.4, 0.5) is 0 Å². The SMILES string of the molecule is O=C(NC1(C(=O)O)CCC1)C1=COCCO1. The molecule has 0 saturated heterocycles. The van der Waals surface area contributed by atoms with Gasteiger partial charge in [0, 0.05) is 0 Å². The molecule has 0 atom stereocenters. The number of rotatable bonds is 3. The van der Waals surface area contributed by atoms with Crippen LogP contribution in [0.2, 0.25) is 0 Å². The van der Waals surface area contributed by atoms with Crippen LogP contribution >= 0.6 is 0 Å². The molecule has 2 rings (SSSR count). The highest BCUT2D eigenvalue weighted by Crippen LogP contribution is 2.32. The van der Waals surface area contributed by atoms with E-state index in [2.05, 4.69) is 5.32 Å². The monoisotopic (exact) mass is 227 g/mol.